The van der Waals surface area contributed by atoms with Crippen molar-refractivity contribution in [3.8, 4) is 0 Å². The number of nitrogens with zero attached hydrogens (tertiary/aromatic N) is 1. The van der Waals surface area contributed by atoms with Gasteiger partial charge in [-0.3, -0.25) is 4.79 Å². The van der Waals surface area contributed by atoms with Crippen LogP contribution in [0.3, 0.4) is 0 Å². The molecule has 0 heterocycles. The zero-order valence-corrected chi connectivity index (χ0v) is 13.7. The van der Waals surface area contributed by atoms with Crippen molar-refractivity contribution in [3.63, 3.8) is 0 Å². The first kappa shape index (κ1) is 16.0. The standard InChI is InChI=1S/C18H28N2O/c1-18(2,3)14-10-8-13(9-11-14)12-20(4)17(21)15-6-5-7-16(15)19/h8-11,15-16H,5-7,12,19H2,1-4H3. The highest BCUT2D eigenvalue weighted by Gasteiger charge is 2.32. The highest BCUT2D eigenvalue weighted by Crippen LogP contribution is 2.26. The van der Waals surface area contributed by atoms with Crippen molar-refractivity contribution in [2.45, 2.75) is 58.0 Å². The lowest BCUT2D eigenvalue weighted by atomic mass is 9.87. The van der Waals surface area contributed by atoms with E-state index in [0.29, 0.717) is 6.54 Å². The highest BCUT2D eigenvalue weighted by molar-refractivity contribution is 5.79. The molecule has 0 spiro atoms. The van der Waals surface area contributed by atoms with E-state index >= 15 is 0 Å². The fourth-order valence-electron chi connectivity index (χ4n) is 3.04. The molecule has 1 saturated carbocycles. The number of hydrogen-bond donors (Lipinski definition) is 1. The summed E-state index contributed by atoms with van der Waals surface area (Å²) in [6, 6.07) is 8.62. The maximum absolute atomic E-state index is 12.4. The Hall–Kier alpha value is -1.35. The zero-order chi connectivity index (χ0) is 15.6. The topological polar surface area (TPSA) is 46.3 Å². The fraction of sp³-hybridized carbons (Fsp3) is 0.611. The third kappa shape index (κ3) is 3.85. The first-order valence-corrected chi connectivity index (χ1v) is 7.89. The third-order valence-electron chi connectivity index (χ3n) is 4.50. The number of nitrogens with two attached hydrogens (primary N) is 1. The summed E-state index contributed by atoms with van der Waals surface area (Å²) in [6.07, 6.45) is 2.99. The Morgan fingerprint density at radius 2 is 1.86 bits per heavy atom. The number of carbonyl (C=O) groups excluding carboxylic acids is 1. The third-order valence-corrected chi connectivity index (χ3v) is 4.50. The van der Waals surface area contributed by atoms with E-state index in [1.165, 1.54) is 11.1 Å². The van der Waals surface area contributed by atoms with Crippen molar-refractivity contribution in [3.05, 3.63) is 35.4 Å². The second-order valence-corrected chi connectivity index (χ2v) is 7.34. The van der Waals surface area contributed by atoms with Crippen LogP contribution >= 0.6 is 0 Å². The van der Waals surface area contributed by atoms with Crippen LogP contribution in [0.15, 0.2) is 24.3 Å². The van der Waals surface area contributed by atoms with Gasteiger partial charge in [0.15, 0.2) is 0 Å². The number of rotatable bonds is 3. The minimum absolute atomic E-state index is 0.0175. The summed E-state index contributed by atoms with van der Waals surface area (Å²) in [5.41, 5.74) is 8.68. The molecule has 0 aliphatic heterocycles. The van der Waals surface area contributed by atoms with Crippen LogP contribution in [0.4, 0.5) is 0 Å². The van der Waals surface area contributed by atoms with Crippen molar-refractivity contribution in [1.82, 2.24) is 4.90 Å². The molecule has 0 aromatic heterocycles. The Labute approximate surface area is 128 Å². The SMILES string of the molecule is CN(Cc1ccc(C(C)(C)C)cc1)C(=O)C1CCCC1N. The lowest BCUT2D eigenvalue weighted by molar-refractivity contribution is -0.134. The van der Waals surface area contributed by atoms with Crippen LogP contribution < -0.4 is 5.73 Å². The molecule has 0 saturated heterocycles. The first-order chi connectivity index (χ1) is 9.79. The molecule has 21 heavy (non-hydrogen) atoms. The van der Waals surface area contributed by atoms with Gasteiger partial charge in [-0.1, -0.05) is 51.5 Å². The van der Waals surface area contributed by atoms with Crippen LogP contribution in [0.1, 0.15) is 51.2 Å². The van der Waals surface area contributed by atoms with Crippen LogP contribution in [-0.4, -0.2) is 23.9 Å². The fourth-order valence-corrected chi connectivity index (χ4v) is 3.04. The molecule has 3 nitrogen and oxygen atoms in total. The molecule has 1 aromatic carbocycles. The number of amides is 1. The summed E-state index contributed by atoms with van der Waals surface area (Å²) in [7, 11) is 1.88. The molecule has 116 valence electrons. The molecule has 1 fully saturated rings. The number of benzene rings is 1. The Balaban J connectivity index is 1.99. The van der Waals surface area contributed by atoms with Gasteiger partial charge in [0.2, 0.25) is 5.91 Å². The molecule has 3 heteroatoms. The van der Waals surface area contributed by atoms with Crippen molar-refractivity contribution in [2.24, 2.45) is 11.7 Å². The Morgan fingerprint density at radius 1 is 1.24 bits per heavy atom. The number of hydrogen-bond acceptors (Lipinski definition) is 2. The van der Waals surface area contributed by atoms with E-state index in [0.717, 1.165) is 19.3 Å². The van der Waals surface area contributed by atoms with Gasteiger partial charge in [-0.05, 0) is 29.4 Å². The van der Waals surface area contributed by atoms with Crippen LogP contribution in [0.5, 0.6) is 0 Å². The molecule has 1 aliphatic carbocycles. The van der Waals surface area contributed by atoms with Gasteiger partial charge in [0.25, 0.3) is 0 Å². The van der Waals surface area contributed by atoms with Crippen molar-refractivity contribution in [2.75, 3.05) is 7.05 Å². The van der Waals surface area contributed by atoms with Gasteiger partial charge in [0.05, 0.1) is 5.92 Å². The molecule has 1 amide bonds. The van der Waals surface area contributed by atoms with Crippen LogP contribution in [0.2, 0.25) is 0 Å². The maximum atomic E-state index is 12.4. The van der Waals surface area contributed by atoms with E-state index in [1.807, 2.05) is 11.9 Å². The lowest BCUT2D eigenvalue weighted by Crippen LogP contribution is -2.39. The normalized spacial score (nSPS) is 22.3. The van der Waals surface area contributed by atoms with Gasteiger partial charge < -0.3 is 10.6 Å². The van der Waals surface area contributed by atoms with E-state index in [1.54, 1.807) is 0 Å². The van der Waals surface area contributed by atoms with E-state index in [4.69, 9.17) is 5.73 Å². The second kappa shape index (κ2) is 6.18. The smallest absolute Gasteiger partial charge is 0.227 e. The van der Waals surface area contributed by atoms with Crippen molar-refractivity contribution in [1.29, 1.82) is 0 Å². The molecular weight excluding hydrogens is 260 g/mol. The summed E-state index contributed by atoms with van der Waals surface area (Å²) in [5, 5.41) is 0. The quantitative estimate of drug-likeness (QED) is 0.929. The summed E-state index contributed by atoms with van der Waals surface area (Å²) >= 11 is 0. The van der Waals surface area contributed by atoms with E-state index in [-0.39, 0.29) is 23.3 Å². The zero-order valence-electron chi connectivity index (χ0n) is 13.7. The summed E-state index contributed by atoms with van der Waals surface area (Å²) in [4.78, 5) is 14.3. The largest absolute Gasteiger partial charge is 0.341 e. The Morgan fingerprint density at radius 3 is 2.33 bits per heavy atom. The predicted molar refractivity (Wildman–Crippen MR) is 86.9 cm³/mol. The monoisotopic (exact) mass is 288 g/mol. The van der Waals surface area contributed by atoms with E-state index in [2.05, 4.69) is 45.0 Å². The summed E-state index contributed by atoms with van der Waals surface area (Å²) in [5.74, 6) is 0.212. The molecule has 2 rings (SSSR count). The van der Waals surface area contributed by atoms with Gasteiger partial charge in [0, 0.05) is 19.6 Å². The second-order valence-electron chi connectivity index (χ2n) is 7.34. The minimum atomic E-state index is 0.0175. The van der Waals surface area contributed by atoms with Crippen molar-refractivity contribution < 1.29 is 4.79 Å². The minimum Gasteiger partial charge on any atom is -0.341 e. The number of carbonyl (C=O) groups is 1. The maximum Gasteiger partial charge on any atom is 0.227 e. The molecule has 0 bridgehead atoms. The van der Waals surface area contributed by atoms with Crippen LogP contribution in [-0.2, 0) is 16.8 Å². The van der Waals surface area contributed by atoms with Crippen LogP contribution in [0, 0.1) is 5.92 Å². The van der Waals surface area contributed by atoms with Crippen molar-refractivity contribution >= 4 is 5.91 Å². The molecule has 2 N–H and O–H groups in total. The molecule has 1 aliphatic rings. The average Bonchev–Trinajstić information content (AvgIpc) is 2.83. The molecule has 1 aromatic rings. The average molecular weight is 288 g/mol. The summed E-state index contributed by atoms with van der Waals surface area (Å²) < 4.78 is 0. The highest BCUT2D eigenvalue weighted by atomic mass is 16.2. The van der Waals surface area contributed by atoms with Gasteiger partial charge in [-0.2, -0.15) is 0 Å². The lowest BCUT2D eigenvalue weighted by Gasteiger charge is -2.24. The molecule has 0 radical (unpaired) electrons. The van der Waals surface area contributed by atoms with E-state index in [9.17, 15) is 4.79 Å². The Kier molecular flexibility index (Phi) is 4.72. The molecule has 2 unspecified atom stereocenters. The van der Waals surface area contributed by atoms with Gasteiger partial charge in [-0.25, -0.2) is 0 Å². The van der Waals surface area contributed by atoms with Gasteiger partial charge in [-0.15, -0.1) is 0 Å². The van der Waals surface area contributed by atoms with E-state index < -0.39 is 0 Å². The van der Waals surface area contributed by atoms with Gasteiger partial charge >= 0.3 is 0 Å². The molecule has 2 atom stereocenters. The Bertz CT molecular complexity index is 487. The predicted octanol–water partition coefficient (Wildman–Crippen LogP) is 3.07. The van der Waals surface area contributed by atoms with Crippen LogP contribution in [0.25, 0.3) is 0 Å². The first-order valence-electron chi connectivity index (χ1n) is 7.89. The summed E-state index contributed by atoms with van der Waals surface area (Å²) in [6.45, 7) is 7.28. The van der Waals surface area contributed by atoms with Gasteiger partial charge in [0.1, 0.15) is 0 Å². The molecular formula is C18H28N2O.